The number of aliphatic imine (C=N–C) groups is 1. The Morgan fingerprint density at radius 2 is 1.89 bits per heavy atom. The number of likely N-dealkylation sites (tertiary alicyclic amines) is 1. The van der Waals surface area contributed by atoms with Crippen molar-refractivity contribution in [2.45, 2.75) is 64.1 Å². The van der Waals surface area contributed by atoms with Crippen LogP contribution < -0.4 is 10.6 Å². The summed E-state index contributed by atoms with van der Waals surface area (Å²) < 4.78 is 11.2. The number of halogens is 1. The smallest absolute Gasteiger partial charge is 0.191 e. The molecule has 0 aromatic heterocycles. The molecule has 7 heteroatoms. The quantitative estimate of drug-likeness (QED) is 0.350. The molecular weight excluding hydrogens is 455 g/mol. The van der Waals surface area contributed by atoms with Gasteiger partial charge in [0.25, 0.3) is 0 Å². The van der Waals surface area contributed by atoms with E-state index in [0.717, 1.165) is 31.5 Å². The summed E-state index contributed by atoms with van der Waals surface area (Å²) in [6.07, 6.45) is 4.60. The average Bonchev–Trinajstić information content (AvgIpc) is 3.14. The van der Waals surface area contributed by atoms with Crippen LogP contribution in [0.25, 0.3) is 0 Å². The summed E-state index contributed by atoms with van der Waals surface area (Å²) in [7, 11) is 3.68. The molecular formula is C20H39IN4O2. The van der Waals surface area contributed by atoms with Gasteiger partial charge in [0, 0.05) is 57.9 Å². The van der Waals surface area contributed by atoms with Crippen LogP contribution in [-0.2, 0) is 9.47 Å². The van der Waals surface area contributed by atoms with Gasteiger partial charge in [-0.3, -0.25) is 4.99 Å². The zero-order valence-electron chi connectivity index (χ0n) is 17.7. The SMILES string of the molecule is CN=C(NC1CCN(CC2CCOC2)CC1)NC1CC(C)(OC)C1(C)C.I. The molecule has 27 heavy (non-hydrogen) atoms. The molecule has 6 nitrogen and oxygen atoms in total. The number of nitrogens with one attached hydrogen (secondary N) is 2. The van der Waals surface area contributed by atoms with Crippen molar-refractivity contribution in [1.29, 1.82) is 0 Å². The number of piperidine rings is 1. The van der Waals surface area contributed by atoms with Crippen molar-refractivity contribution in [3.63, 3.8) is 0 Å². The molecule has 3 rings (SSSR count). The lowest BCUT2D eigenvalue weighted by atomic mass is 9.56. The van der Waals surface area contributed by atoms with Gasteiger partial charge in [0.05, 0.1) is 12.2 Å². The topological polar surface area (TPSA) is 58.1 Å². The third-order valence-electron chi connectivity index (χ3n) is 7.28. The van der Waals surface area contributed by atoms with Gasteiger partial charge in [0.1, 0.15) is 0 Å². The zero-order chi connectivity index (χ0) is 18.8. The lowest BCUT2D eigenvalue weighted by Crippen LogP contribution is -2.69. The second kappa shape index (κ2) is 9.59. The van der Waals surface area contributed by atoms with E-state index in [-0.39, 0.29) is 35.0 Å². The molecule has 0 aromatic rings. The summed E-state index contributed by atoms with van der Waals surface area (Å²) in [5.74, 6) is 1.67. The van der Waals surface area contributed by atoms with Crippen LogP contribution in [0.4, 0.5) is 0 Å². The van der Waals surface area contributed by atoms with Crippen LogP contribution >= 0.6 is 24.0 Å². The fraction of sp³-hybridized carbons (Fsp3) is 0.950. The normalized spacial score (nSPS) is 34.6. The minimum absolute atomic E-state index is 0. The van der Waals surface area contributed by atoms with Crippen LogP contribution in [0.5, 0.6) is 0 Å². The first-order valence-electron chi connectivity index (χ1n) is 10.2. The molecule has 2 heterocycles. The third-order valence-corrected chi connectivity index (χ3v) is 7.28. The van der Waals surface area contributed by atoms with Crippen molar-refractivity contribution in [1.82, 2.24) is 15.5 Å². The van der Waals surface area contributed by atoms with Gasteiger partial charge in [-0.15, -0.1) is 24.0 Å². The first kappa shape index (κ1) is 23.2. The Morgan fingerprint density at radius 1 is 1.19 bits per heavy atom. The molecule has 3 aliphatic rings. The number of guanidine groups is 1. The maximum Gasteiger partial charge on any atom is 0.191 e. The van der Waals surface area contributed by atoms with Crippen LogP contribution in [-0.4, -0.2) is 75.5 Å². The Hall–Kier alpha value is -0.120. The van der Waals surface area contributed by atoms with Crippen molar-refractivity contribution in [3.8, 4) is 0 Å². The van der Waals surface area contributed by atoms with E-state index < -0.39 is 0 Å². The van der Waals surface area contributed by atoms with Gasteiger partial charge in [0.15, 0.2) is 5.96 Å². The molecule has 1 aliphatic carbocycles. The zero-order valence-corrected chi connectivity index (χ0v) is 20.0. The Balaban J connectivity index is 0.00000261. The predicted molar refractivity (Wildman–Crippen MR) is 121 cm³/mol. The van der Waals surface area contributed by atoms with Crippen molar-refractivity contribution >= 4 is 29.9 Å². The molecule has 2 aliphatic heterocycles. The van der Waals surface area contributed by atoms with Gasteiger partial charge in [-0.2, -0.15) is 0 Å². The first-order valence-corrected chi connectivity index (χ1v) is 10.2. The third kappa shape index (κ3) is 5.08. The second-order valence-electron chi connectivity index (χ2n) is 9.08. The minimum atomic E-state index is -0.0567. The molecule has 3 atom stereocenters. The van der Waals surface area contributed by atoms with E-state index in [1.54, 1.807) is 0 Å². The number of hydrogen-bond donors (Lipinski definition) is 2. The fourth-order valence-electron chi connectivity index (χ4n) is 4.60. The van der Waals surface area contributed by atoms with Crippen LogP contribution in [0.1, 0.15) is 46.5 Å². The molecule has 2 N–H and O–H groups in total. The van der Waals surface area contributed by atoms with Crippen LogP contribution in [0.2, 0.25) is 0 Å². The monoisotopic (exact) mass is 494 g/mol. The number of nitrogens with zero attached hydrogens (tertiary/aromatic N) is 2. The highest BCUT2D eigenvalue weighted by atomic mass is 127. The molecule has 0 bridgehead atoms. The Bertz CT molecular complexity index is 502. The Morgan fingerprint density at radius 3 is 2.41 bits per heavy atom. The fourth-order valence-corrected chi connectivity index (χ4v) is 4.60. The molecule has 0 radical (unpaired) electrons. The summed E-state index contributed by atoms with van der Waals surface area (Å²) in [4.78, 5) is 7.07. The summed E-state index contributed by atoms with van der Waals surface area (Å²) in [5.41, 5.74) is 0.0326. The van der Waals surface area contributed by atoms with E-state index in [9.17, 15) is 0 Å². The van der Waals surface area contributed by atoms with Crippen LogP contribution in [0, 0.1) is 11.3 Å². The maximum absolute atomic E-state index is 5.74. The molecule has 3 fully saturated rings. The molecule has 0 amide bonds. The number of rotatable bonds is 5. The average molecular weight is 494 g/mol. The summed E-state index contributed by atoms with van der Waals surface area (Å²) in [6.45, 7) is 12.2. The standard InChI is InChI=1S/C20H38N4O2.HI/c1-19(2)17(12-20(19,3)25-5)23-18(21-4)22-16-6-9-24(10-7-16)13-15-8-11-26-14-15;/h15-17H,6-14H2,1-5H3,(H2,21,22,23);1H. The van der Waals surface area contributed by atoms with Crippen LogP contribution in [0.15, 0.2) is 4.99 Å². The highest BCUT2D eigenvalue weighted by Crippen LogP contribution is 2.51. The van der Waals surface area contributed by atoms with Gasteiger partial charge in [0.2, 0.25) is 0 Å². The van der Waals surface area contributed by atoms with E-state index in [2.05, 4.69) is 41.3 Å². The van der Waals surface area contributed by atoms with Gasteiger partial charge in [-0.25, -0.2) is 0 Å². The Kier molecular flexibility index (Phi) is 8.22. The van der Waals surface area contributed by atoms with Crippen molar-refractivity contribution < 1.29 is 9.47 Å². The number of hydrogen-bond acceptors (Lipinski definition) is 4. The lowest BCUT2D eigenvalue weighted by Gasteiger charge is -2.59. The van der Waals surface area contributed by atoms with Crippen LogP contribution in [0.3, 0.4) is 0 Å². The predicted octanol–water partition coefficient (Wildman–Crippen LogP) is 2.47. The summed E-state index contributed by atoms with van der Waals surface area (Å²) in [5, 5.41) is 7.28. The molecule has 1 saturated carbocycles. The van der Waals surface area contributed by atoms with Crippen molar-refractivity contribution in [2.75, 3.05) is 47.0 Å². The largest absolute Gasteiger partial charge is 0.381 e. The maximum atomic E-state index is 5.74. The molecule has 2 saturated heterocycles. The van der Waals surface area contributed by atoms with E-state index in [1.807, 2.05) is 14.2 Å². The van der Waals surface area contributed by atoms with Gasteiger partial charge < -0.3 is 25.0 Å². The Labute approximate surface area is 182 Å². The molecule has 158 valence electrons. The molecule has 3 unspecified atom stereocenters. The van der Waals surface area contributed by atoms with Gasteiger partial charge in [-0.05, 0) is 38.5 Å². The molecule has 0 aromatic carbocycles. The minimum Gasteiger partial charge on any atom is -0.381 e. The van der Waals surface area contributed by atoms with E-state index in [1.165, 1.54) is 38.9 Å². The highest BCUT2D eigenvalue weighted by molar-refractivity contribution is 14.0. The van der Waals surface area contributed by atoms with Gasteiger partial charge in [-0.1, -0.05) is 13.8 Å². The van der Waals surface area contributed by atoms with Crippen molar-refractivity contribution in [3.05, 3.63) is 0 Å². The number of ether oxygens (including phenoxy) is 2. The van der Waals surface area contributed by atoms with E-state index in [0.29, 0.717) is 12.1 Å². The summed E-state index contributed by atoms with van der Waals surface area (Å²) >= 11 is 0. The summed E-state index contributed by atoms with van der Waals surface area (Å²) in [6, 6.07) is 0.899. The first-order chi connectivity index (χ1) is 12.4. The van der Waals surface area contributed by atoms with Gasteiger partial charge >= 0.3 is 0 Å². The second-order valence-corrected chi connectivity index (χ2v) is 9.08. The van der Waals surface area contributed by atoms with Crippen molar-refractivity contribution in [2.24, 2.45) is 16.3 Å². The highest BCUT2D eigenvalue weighted by Gasteiger charge is 2.58. The van der Waals surface area contributed by atoms with E-state index >= 15 is 0 Å². The van der Waals surface area contributed by atoms with E-state index in [4.69, 9.17) is 9.47 Å². The lowest BCUT2D eigenvalue weighted by molar-refractivity contribution is -0.176. The number of methoxy groups -OCH3 is 1. The molecule has 0 spiro atoms.